The molecule has 0 aromatic heterocycles. The van der Waals surface area contributed by atoms with Crippen LogP contribution in [0.3, 0.4) is 0 Å². The third kappa shape index (κ3) is 8.86. The minimum absolute atomic E-state index is 0. The number of amidine groups is 1. The third-order valence-electron chi connectivity index (χ3n) is 0.150. The van der Waals surface area contributed by atoms with Gasteiger partial charge >= 0.3 is 29.6 Å². The second-order valence-electron chi connectivity index (χ2n) is 0.685. The van der Waals surface area contributed by atoms with Gasteiger partial charge in [0.05, 0.1) is 0 Å². The summed E-state index contributed by atoms with van der Waals surface area (Å²) < 4.78 is 0. The average molecular weight is 96.1 g/mol. The number of oxime groups is 1. The fourth-order valence-corrected chi connectivity index (χ4v) is 0. The van der Waals surface area contributed by atoms with Gasteiger partial charge in [0.1, 0.15) is 0 Å². The third-order valence-corrected chi connectivity index (χ3v) is 0.150. The van der Waals surface area contributed by atoms with E-state index in [1.54, 1.807) is 0 Å². The molecule has 0 amide bonds. The quantitative estimate of drug-likeness (QED) is 0.121. The van der Waals surface area contributed by atoms with E-state index in [2.05, 4.69) is 5.16 Å². The monoisotopic (exact) mass is 96.0 g/mol. The van der Waals surface area contributed by atoms with E-state index in [0.717, 1.165) is 0 Å². The molecule has 0 fully saturated rings. The molecule has 0 aliphatic rings. The van der Waals surface area contributed by atoms with Crippen LogP contribution in [0, 0.1) is 0 Å². The van der Waals surface area contributed by atoms with E-state index in [-0.39, 0.29) is 35.4 Å². The Bertz CT molecular complexity index is 49.5. The Morgan fingerprint density at radius 2 is 2.00 bits per heavy atom. The molecule has 0 aromatic rings. The molecular weight excluding hydrogens is 91.0 g/mol. The van der Waals surface area contributed by atoms with Crippen molar-refractivity contribution in [2.75, 3.05) is 0 Å². The molecule has 0 spiro atoms. The summed E-state index contributed by atoms with van der Waals surface area (Å²) in [5.74, 6) is -0.0648. The minimum atomic E-state index is -0.0648. The number of rotatable bonds is 0. The molecule has 0 aromatic carbocycles. The summed E-state index contributed by atoms with van der Waals surface area (Å²) in [5, 5.41) is 10.0. The van der Waals surface area contributed by atoms with Gasteiger partial charge in [0.25, 0.3) is 0 Å². The fraction of sp³-hybridized carbons (Fsp3) is 0.500. The van der Waals surface area contributed by atoms with Crippen molar-refractivity contribution < 1.29 is 34.8 Å². The van der Waals surface area contributed by atoms with Crippen LogP contribution in [-0.2, 0) is 0 Å². The first kappa shape index (κ1) is 9.55. The summed E-state index contributed by atoms with van der Waals surface area (Å²) in [6.45, 7) is 1.39. The van der Waals surface area contributed by atoms with E-state index in [1.165, 1.54) is 6.92 Å². The van der Waals surface area contributed by atoms with E-state index >= 15 is 0 Å². The topological polar surface area (TPSA) is 56.4 Å². The first-order valence-electron chi connectivity index (χ1n) is 1.17. The molecule has 0 aliphatic carbocycles. The minimum Gasteiger partial charge on any atom is -0.509 e. The Balaban J connectivity index is 0. The van der Waals surface area contributed by atoms with Crippen molar-refractivity contribution in [3.63, 3.8) is 0 Å². The molecule has 0 saturated carbocycles. The van der Waals surface area contributed by atoms with Crippen LogP contribution in [0.5, 0.6) is 0 Å². The maximum atomic E-state index is 7.54. The molecular formula is C2H5N2NaO. The summed E-state index contributed by atoms with van der Waals surface area (Å²) in [6.07, 6.45) is 0. The van der Waals surface area contributed by atoms with E-state index < -0.39 is 0 Å². The molecule has 0 bridgehead atoms. The molecule has 0 radical (unpaired) electrons. The van der Waals surface area contributed by atoms with Crippen molar-refractivity contribution in [3.05, 3.63) is 5.73 Å². The van der Waals surface area contributed by atoms with Crippen LogP contribution in [0.15, 0.2) is 5.16 Å². The van der Waals surface area contributed by atoms with Crippen LogP contribution in [-0.4, -0.2) is 11.0 Å². The summed E-state index contributed by atoms with van der Waals surface area (Å²) in [7, 11) is 0. The van der Waals surface area contributed by atoms with Crippen molar-refractivity contribution in [1.29, 1.82) is 0 Å². The van der Waals surface area contributed by atoms with Crippen LogP contribution in [0.25, 0.3) is 5.73 Å². The second kappa shape index (κ2) is 5.27. The molecule has 0 heterocycles. The number of nitrogens with one attached hydrogen (secondary N) is 1. The second-order valence-corrected chi connectivity index (χ2v) is 0.685. The van der Waals surface area contributed by atoms with E-state index in [4.69, 9.17) is 10.9 Å². The fourth-order valence-electron chi connectivity index (χ4n) is 0. The molecule has 0 aliphatic heterocycles. The van der Waals surface area contributed by atoms with Crippen LogP contribution in [0.1, 0.15) is 6.92 Å². The smallest absolute Gasteiger partial charge is 0.509 e. The van der Waals surface area contributed by atoms with Crippen molar-refractivity contribution in [2.45, 2.75) is 6.92 Å². The van der Waals surface area contributed by atoms with Crippen LogP contribution in [0.4, 0.5) is 0 Å². The summed E-state index contributed by atoms with van der Waals surface area (Å²) in [6, 6.07) is 0. The molecule has 3 nitrogen and oxygen atoms in total. The largest absolute Gasteiger partial charge is 1.00 e. The van der Waals surface area contributed by atoms with E-state index in [0.29, 0.717) is 0 Å². The van der Waals surface area contributed by atoms with Gasteiger partial charge in [-0.15, -0.1) is 0 Å². The normalized spacial score (nSPS) is 9.83. The molecule has 2 N–H and O–H groups in total. The zero-order valence-corrected chi connectivity index (χ0v) is 5.89. The van der Waals surface area contributed by atoms with Crippen molar-refractivity contribution >= 4 is 5.84 Å². The number of hydrogen-bond donors (Lipinski definition) is 1. The predicted octanol–water partition coefficient (Wildman–Crippen LogP) is -2.15. The van der Waals surface area contributed by atoms with Gasteiger partial charge in [-0.05, 0) is 6.92 Å². The van der Waals surface area contributed by atoms with Gasteiger partial charge in [-0.2, -0.15) is 0 Å². The maximum absolute atomic E-state index is 7.54. The SMILES string of the molecule is CC([NH-])=NO.[Na+]. The standard InChI is InChI=1S/C2H5N2O.Na/c1-2(3)4-5;/h1H3,(H2-,3,4,5);/q-1;+1. The molecule has 4 heteroatoms. The van der Waals surface area contributed by atoms with Crippen LogP contribution in [0.2, 0.25) is 0 Å². The molecule has 0 saturated heterocycles. The van der Waals surface area contributed by atoms with Gasteiger partial charge < -0.3 is 16.1 Å². The Kier molecular flexibility index (Phi) is 8.39. The van der Waals surface area contributed by atoms with Crippen molar-refractivity contribution in [2.24, 2.45) is 5.16 Å². The molecule has 0 atom stereocenters. The van der Waals surface area contributed by atoms with Gasteiger partial charge in [0, 0.05) is 0 Å². The zero-order chi connectivity index (χ0) is 4.28. The predicted molar refractivity (Wildman–Crippen MR) is 19.2 cm³/mol. The van der Waals surface area contributed by atoms with E-state index in [9.17, 15) is 0 Å². The molecule has 0 unspecified atom stereocenters. The Morgan fingerprint density at radius 3 is 2.00 bits per heavy atom. The van der Waals surface area contributed by atoms with Crippen molar-refractivity contribution in [3.8, 4) is 0 Å². The summed E-state index contributed by atoms with van der Waals surface area (Å²) in [5.41, 5.74) is 6.33. The van der Waals surface area contributed by atoms with E-state index in [1.807, 2.05) is 0 Å². The molecule has 0 rings (SSSR count). The maximum Gasteiger partial charge on any atom is 1.00 e. The Hall–Kier alpha value is 0.270. The van der Waals surface area contributed by atoms with Gasteiger partial charge in [-0.3, -0.25) is 0 Å². The van der Waals surface area contributed by atoms with Crippen LogP contribution >= 0.6 is 0 Å². The van der Waals surface area contributed by atoms with Gasteiger partial charge in [0.15, 0.2) is 0 Å². The summed E-state index contributed by atoms with van der Waals surface area (Å²) >= 11 is 0. The van der Waals surface area contributed by atoms with Gasteiger partial charge in [-0.1, -0.05) is 5.84 Å². The Morgan fingerprint density at radius 1 is 1.83 bits per heavy atom. The average Bonchev–Trinajstić information content (AvgIpc) is 1.38. The first-order valence-corrected chi connectivity index (χ1v) is 1.17. The number of nitrogens with zero attached hydrogens (tertiary/aromatic N) is 1. The Labute approximate surface area is 58.5 Å². The van der Waals surface area contributed by atoms with Crippen LogP contribution < -0.4 is 29.6 Å². The molecule has 30 valence electrons. The van der Waals surface area contributed by atoms with Crippen molar-refractivity contribution in [1.82, 2.24) is 0 Å². The zero-order valence-electron chi connectivity index (χ0n) is 3.89. The van der Waals surface area contributed by atoms with Gasteiger partial charge in [-0.25, -0.2) is 0 Å². The molecule has 6 heavy (non-hydrogen) atoms. The first-order chi connectivity index (χ1) is 2.27. The number of hydrogen-bond acceptors (Lipinski definition) is 2. The van der Waals surface area contributed by atoms with Gasteiger partial charge in [0.2, 0.25) is 0 Å². The summed E-state index contributed by atoms with van der Waals surface area (Å²) in [4.78, 5) is 0.